The topological polar surface area (TPSA) is 97.4 Å². The molecule has 0 unspecified atom stereocenters. The lowest BCUT2D eigenvalue weighted by Gasteiger charge is -2.13. The summed E-state index contributed by atoms with van der Waals surface area (Å²) in [6, 6.07) is 26.8. The zero-order valence-corrected chi connectivity index (χ0v) is 30.6. The van der Waals surface area contributed by atoms with Crippen molar-refractivity contribution in [3.05, 3.63) is 119 Å². The van der Waals surface area contributed by atoms with Gasteiger partial charge in [-0.25, -0.2) is 14.4 Å². The molecule has 0 amide bonds. The van der Waals surface area contributed by atoms with Gasteiger partial charge in [0.1, 0.15) is 35.2 Å². The Morgan fingerprint density at radius 3 is 1.50 bits per heavy atom. The van der Waals surface area contributed by atoms with Crippen molar-refractivity contribution in [3.63, 3.8) is 0 Å². The Morgan fingerprint density at radius 1 is 0.481 bits per heavy atom. The third-order valence-corrected chi connectivity index (χ3v) is 8.51. The number of hydrogen-bond donors (Lipinski definition) is 0. The molecule has 4 aromatic rings. The Bertz CT molecular complexity index is 1650. The van der Waals surface area contributed by atoms with Gasteiger partial charge in [-0.2, -0.15) is 0 Å². The predicted octanol–water partition coefficient (Wildman–Crippen LogP) is 11.0. The van der Waals surface area contributed by atoms with E-state index in [1.165, 1.54) is 69.6 Å². The van der Waals surface area contributed by atoms with E-state index in [-0.39, 0.29) is 29.2 Å². The van der Waals surface area contributed by atoms with Gasteiger partial charge in [-0.1, -0.05) is 108 Å². The molecular formula is C44H52O8. The fourth-order valence-electron chi connectivity index (χ4n) is 5.47. The van der Waals surface area contributed by atoms with Crippen LogP contribution in [0.2, 0.25) is 0 Å². The summed E-state index contributed by atoms with van der Waals surface area (Å²) in [5, 5.41) is 0. The summed E-state index contributed by atoms with van der Waals surface area (Å²) in [7, 11) is 0. The molecule has 52 heavy (non-hydrogen) atoms. The maximum Gasteiger partial charge on any atom is 0.343 e. The Labute approximate surface area is 308 Å². The molecule has 0 aliphatic rings. The van der Waals surface area contributed by atoms with Crippen molar-refractivity contribution in [2.75, 3.05) is 13.2 Å². The van der Waals surface area contributed by atoms with Gasteiger partial charge in [0.25, 0.3) is 0 Å². The number of rotatable bonds is 23. The van der Waals surface area contributed by atoms with Crippen LogP contribution in [0.1, 0.15) is 128 Å². The third kappa shape index (κ3) is 13.9. The summed E-state index contributed by atoms with van der Waals surface area (Å²) in [4.78, 5) is 39.5. The average Bonchev–Trinajstić information content (AvgIpc) is 3.17. The zero-order chi connectivity index (χ0) is 36.8. The molecule has 0 aromatic heterocycles. The van der Waals surface area contributed by atoms with Crippen LogP contribution in [0.5, 0.6) is 23.0 Å². The van der Waals surface area contributed by atoms with E-state index in [1.54, 1.807) is 48.5 Å². The van der Waals surface area contributed by atoms with Crippen molar-refractivity contribution in [2.45, 2.75) is 97.5 Å². The highest BCUT2D eigenvalue weighted by atomic mass is 16.6. The molecule has 0 spiro atoms. The van der Waals surface area contributed by atoms with Crippen molar-refractivity contribution >= 4 is 17.9 Å². The maximum atomic E-state index is 13.3. The summed E-state index contributed by atoms with van der Waals surface area (Å²) in [5.41, 5.74) is 1.32. The second kappa shape index (κ2) is 22.7. The normalized spacial score (nSPS) is 10.7. The molecule has 0 saturated carbocycles. The van der Waals surface area contributed by atoms with Crippen molar-refractivity contribution in [1.82, 2.24) is 0 Å². The van der Waals surface area contributed by atoms with E-state index in [0.717, 1.165) is 31.2 Å². The summed E-state index contributed by atoms with van der Waals surface area (Å²) < 4.78 is 28.5. The summed E-state index contributed by atoms with van der Waals surface area (Å²) >= 11 is 0. The van der Waals surface area contributed by atoms with Crippen LogP contribution in [0.3, 0.4) is 0 Å². The van der Waals surface area contributed by atoms with Gasteiger partial charge in [0.2, 0.25) is 0 Å². The Balaban J connectivity index is 1.37. The fraction of sp³-hybridized carbons (Fsp3) is 0.386. The standard InChI is InChI=1S/C44H52O8/c1-3-5-7-9-11-16-30-48-37-24-20-35(21-25-37)42(45)51-39-28-29-41(40(32-39)44(47)50-33-34-18-14-13-15-19-34)52-43(46)36-22-26-38(27-23-36)49-31-17-12-10-8-6-4-2/h13-15,18-29,32H,3-12,16-17,30-31,33H2,1-2H3. The molecule has 0 radical (unpaired) electrons. The largest absolute Gasteiger partial charge is 0.494 e. The number of carbonyl (C=O) groups is 3. The van der Waals surface area contributed by atoms with Crippen molar-refractivity contribution < 1.29 is 38.1 Å². The fourth-order valence-corrected chi connectivity index (χ4v) is 5.47. The third-order valence-electron chi connectivity index (χ3n) is 8.51. The van der Waals surface area contributed by atoms with Gasteiger partial charge in [-0.05, 0) is 85.1 Å². The van der Waals surface area contributed by atoms with Crippen molar-refractivity contribution in [1.29, 1.82) is 0 Å². The van der Waals surface area contributed by atoms with Gasteiger partial charge in [0, 0.05) is 0 Å². The smallest absolute Gasteiger partial charge is 0.343 e. The highest BCUT2D eigenvalue weighted by Crippen LogP contribution is 2.28. The highest BCUT2D eigenvalue weighted by Gasteiger charge is 2.21. The number of hydrogen-bond acceptors (Lipinski definition) is 8. The van der Waals surface area contributed by atoms with Crippen LogP contribution >= 0.6 is 0 Å². The van der Waals surface area contributed by atoms with Gasteiger partial charge in [0.15, 0.2) is 0 Å². The summed E-state index contributed by atoms with van der Waals surface area (Å²) in [5.74, 6) is -0.621. The summed E-state index contributed by atoms with van der Waals surface area (Å²) in [6.45, 7) is 5.64. The van der Waals surface area contributed by atoms with Gasteiger partial charge >= 0.3 is 17.9 Å². The van der Waals surface area contributed by atoms with Crippen molar-refractivity contribution in [2.24, 2.45) is 0 Å². The van der Waals surface area contributed by atoms with E-state index in [1.807, 2.05) is 30.3 Å². The van der Waals surface area contributed by atoms with Crippen molar-refractivity contribution in [3.8, 4) is 23.0 Å². The van der Waals surface area contributed by atoms with E-state index >= 15 is 0 Å². The van der Waals surface area contributed by atoms with Gasteiger partial charge in [0.05, 0.1) is 24.3 Å². The Morgan fingerprint density at radius 2 is 0.962 bits per heavy atom. The number of carbonyl (C=O) groups excluding carboxylic acids is 3. The van der Waals surface area contributed by atoms with E-state index in [2.05, 4.69) is 13.8 Å². The van der Waals surface area contributed by atoms with E-state index in [0.29, 0.717) is 30.3 Å². The molecule has 8 nitrogen and oxygen atoms in total. The molecule has 0 fully saturated rings. The first-order chi connectivity index (χ1) is 25.5. The lowest BCUT2D eigenvalue weighted by Crippen LogP contribution is -2.14. The van der Waals surface area contributed by atoms with Crippen LogP contribution in [-0.4, -0.2) is 31.1 Å². The Kier molecular flexibility index (Phi) is 17.3. The zero-order valence-electron chi connectivity index (χ0n) is 30.6. The first kappa shape index (κ1) is 39.7. The number of benzene rings is 4. The number of ether oxygens (including phenoxy) is 5. The quantitative estimate of drug-likeness (QED) is 0.0427. The summed E-state index contributed by atoms with van der Waals surface area (Å²) in [6.07, 6.45) is 14.1. The number of esters is 3. The van der Waals surface area contributed by atoms with Crippen LogP contribution < -0.4 is 18.9 Å². The molecule has 276 valence electrons. The molecule has 0 saturated heterocycles. The van der Waals surface area contributed by atoms with E-state index < -0.39 is 17.9 Å². The molecule has 8 heteroatoms. The lowest BCUT2D eigenvalue weighted by molar-refractivity contribution is 0.0465. The molecule has 0 N–H and O–H groups in total. The average molecular weight is 709 g/mol. The van der Waals surface area contributed by atoms with Gasteiger partial charge < -0.3 is 23.7 Å². The molecule has 0 atom stereocenters. The van der Waals surface area contributed by atoms with Gasteiger partial charge in [-0.3, -0.25) is 0 Å². The lowest BCUT2D eigenvalue weighted by atomic mass is 10.1. The van der Waals surface area contributed by atoms with Crippen LogP contribution in [0, 0.1) is 0 Å². The van der Waals surface area contributed by atoms with Crippen LogP contribution in [0.4, 0.5) is 0 Å². The maximum absolute atomic E-state index is 13.3. The van der Waals surface area contributed by atoms with E-state index in [4.69, 9.17) is 23.7 Å². The second-order valence-electron chi connectivity index (χ2n) is 12.8. The first-order valence-electron chi connectivity index (χ1n) is 18.7. The predicted molar refractivity (Wildman–Crippen MR) is 203 cm³/mol. The molecular weight excluding hydrogens is 656 g/mol. The molecule has 4 rings (SSSR count). The monoisotopic (exact) mass is 708 g/mol. The molecule has 0 aliphatic heterocycles. The SMILES string of the molecule is CCCCCCCCOc1ccc(C(=O)Oc2ccc(OC(=O)c3ccc(OCCCCCCCC)cc3)c(C(=O)OCc3ccccc3)c2)cc1. The minimum Gasteiger partial charge on any atom is -0.494 e. The molecule has 0 heterocycles. The van der Waals surface area contributed by atoms with E-state index in [9.17, 15) is 14.4 Å². The first-order valence-corrected chi connectivity index (χ1v) is 18.7. The highest BCUT2D eigenvalue weighted by molar-refractivity contribution is 5.97. The van der Waals surface area contributed by atoms with Crippen LogP contribution in [-0.2, 0) is 11.3 Å². The molecule has 4 aromatic carbocycles. The minimum absolute atomic E-state index is 0.00452. The Hall–Kier alpha value is -5.11. The minimum atomic E-state index is -0.741. The van der Waals surface area contributed by atoms with Gasteiger partial charge in [-0.15, -0.1) is 0 Å². The number of unbranched alkanes of at least 4 members (excludes halogenated alkanes) is 10. The molecule has 0 bridgehead atoms. The van der Waals surface area contributed by atoms with Crippen LogP contribution in [0.15, 0.2) is 97.1 Å². The molecule has 0 aliphatic carbocycles. The second-order valence-corrected chi connectivity index (χ2v) is 12.8. The van der Waals surface area contributed by atoms with Crippen LogP contribution in [0.25, 0.3) is 0 Å².